The number of hydrogen-bond donors (Lipinski definition) is 2. The van der Waals surface area contributed by atoms with Crippen LogP contribution in [0.4, 0.5) is 0 Å². The van der Waals surface area contributed by atoms with Crippen molar-refractivity contribution in [2.45, 2.75) is 26.7 Å². The van der Waals surface area contributed by atoms with Crippen LogP contribution in [0.5, 0.6) is 0 Å². The first-order chi connectivity index (χ1) is 17.5. The van der Waals surface area contributed by atoms with Crippen molar-refractivity contribution in [2.24, 2.45) is 22.7 Å². The molecular weight excluding hydrogens is 537 g/mol. The van der Waals surface area contributed by atoms with Crippen molar-refractivity contribution in [2.75, 3.05) is 26.2 Å². The Morgan fingerprint density at radius 1 is 1.05 bits per heavy atom. The lowest BCUT2D eigenvalue weighted by Crippen LogP contribution is -2.65. The van der Waals surface area contributed by atoms with Gasteiger partial charge in [0.25, 0.3) is 5.91 Å². The van der Waals surface area contributed by atoms with Crippen LogP contribution in [0.3, 0.4) is 0 Å². The van der Waals surface area contributed by atoms with Gasteiger partial charge < -0.3 is 9.80 Å². The highest BCUT2D eigenvalue weighted by molar-refractivity contribution is 7.11. The van der Waals surface area contributed by atoms with Crippen molar-refractivity contribution in [3.63, 3.8) is 0 Å². The zero-order valence-electron chi connectivity index (χ0n) is 20.4. The molecule has 4 amide bonds. The van der Waals surface area contributed by atoms with Gasteiger partial charge in [-0.25, -0.2) is 0 Å². The molecule has 0 unspecified atom stereocenters. The lowest BCUT2D eigenvalue weighted by atomic mass is 9.71. The maximum absolute atomic E-state index is 13.3. The van der Waals surface area contributed by atoms with Crippen LogP contribution in [0.1, 0.15) is 35.5 Å². The van der Waals surface area contributed by atoms with E-state index in [0.717, 1.165) is 6.42 Å². The highest BCUT2D eigenvalue weighted by Crippen LogP contribution is 2.54. The molecule has 12 heteroatoms. The molecule has 0 radical (unpaired) electrons. The molecule has 1 spiro atoms. The van der Waals surface area contributed by atoms with Crippen molar-refractivity contribution in [3.8, 4) is 0 Å². The van der Waals surface area contributed by atoms with Gasteiger partial charge in [0.2, 0.25) is 17.7 Å². The van der Waals surface area contributed by atoms with Crippen LogP contribution in [0.15, 0.2) is 29.9 Å². The Morgan fingerprint density at radius 3 is 2.38 bits per heavy atom. The first-order valence-electron chi connectivity index (χ1n) is 12.0. The Bertz CT molecular complexity index is 1260. The fraction of sp³-hybridized carbons (Fsp3) is 0.480. The predicted octanol–water partition coefficient (Wildman–Crippen LogP) is 2.79. The number of carbonyl (C=O) groups excluding carboxylic acids is 4. The fourth-order valence-corrected chi connectivity index (χ4v) is 6.27. The summed E-state index contributed by atoms with van der Waals surface area (Å²) in [7, 11) is 0. The van der Waals surface area contributed by atoms with Gasteiger partial charge in [-0.3, -0.25) is 35.0 Å². The van der Waals surface area contributed by atoms with Gasteiger partial charge in [0.1, 0.15) is 4.88 Å². The molecule has 1 aromatic carbocycles. The van der Waals surface area contributed by atoms with E-state index in [-0.39, 0.29) is 42.0 Å². The van der Waals surface area contributed by atoms with Crippen LogP contribution in [0, 0.1) is 22.7 Å². The number of nitrogens with zero attached hydrogens (tertiary/aromatic N) is 3. The predicted molar refractivity (Wildman–Crippen MR) is 139 cm³/mol. The van der Waals surface area contributed by atoms with Crippen LogP contribution in [0.2, 0.25) is 10.0 Å². The zero-order chi connectivity index (χ0) is 26.5. The van der Waals surface area contributed by atoms with E-state index in [0.29, 0.717) is 40.1 Å². The number of hydrogen-bond acceptors (Lipinski definition) is 6. The average molecular weight is 564 g/mol. The van der Waals surface area contributed by atoms with Gasteiger partial charge in [-0.05, 0) is 29.5 Å². The lowest BCUT2D eigenvalue weighted by molar-refractivity contribution is -0.152. The van der Waals surface area contributed by atoms with Gasteiger partial charge in [0, 0.05) is 37.5 Å². The van der Waals surface area contributed by atoms with E-state index >= 15 is 0 Å². The minimum Gasteiger partial charge on any atom is -0.341 e. The number of carbonyl (C=O) groups is 4. The Morgan fingerprint density at radius 2 is 1.76 bits per heavy atom. The first kappa shape index (κ1) is 25.9. The van der Waals surface area contributed by atoms with E-state index in [1.54, 1.807) is 33.5 Å². The van der Waals surface area contributed by atoms with E-state index in [2.05, 4.69) is 29.7 Å². The summed E-state index contributed by atoms with van der Waals surface area (Å²) in [6.07, 6.45) is 2.38. The second kappa shape index (κ2) is 9.56. The molecule has 196 valence electrons. The Labute approximate surface area is 228 Å². The van der Waals surface area contributed by atoms with Gasteiger partial charge in [0.15, 0.2) is 0 Å². The molecule has 2 atom stereocenters. The molecule has 9 nitrogen and oxygen atoms in total. The number of amides is 4. The lowest BCUT2D eigenvalue weighted by Gasteiger charge is -2.50. The molecule has 3 fully saturated rings. The van der Waals surface area contributed by atoms with Gasteiger partial charge in [-0.2, -0.15) is 0 Å². The van der Waals surface area contributed by atoms with Crippen molar-refractivity contribution in [1.82, 2.24) is 25.6 Å². The SMILES string of the molecule is CC1(C)C[C@@H]1C(=O)N1CC2(CN(C(=O)c3cncs3)C[C@@H]2C(=O)NNC(=O)Cc2ccc(Cl)c(Cl)c2)C1. The fourth-order valence-electron chi connectivity index (χ4n) is 5.36. The minimum absolute atomic E-state index is 0.00240. The van der Waals surface area contributed by atoms with Crippen LogP contribution in [0.25, 0.3) is 0 Å². The zero-order valence-corrected chi connectivity index (χ0v) is 22.8. The molecule has 3 aliphatic rings. The molecule has 1 aliphatic carbocycles. The number of halogens is 2. The molecule has 3 heterocycles. The topological polar surface area (TPSA) is 112 Å². The maximum atomic E-state index is 13.3. The number of likely N-dealkylation sites (tertiary alicyclic amines) is 2. The highest BCUT2D eigenvalue weighted by atomic mass is 35.5. The number of hydrazine groups is 1. The minimum atomic E-state index is -0.578. The molecule has 2 aliphatic heterocycles. The molecule has 37 heavy (non-hydrogen) atoms. The largest absolute Gasteiger partial charge is 0.341 e. The summed E-state index contributed by atoms with van der Waals surface area (Å²) in [5.41, 5.74) is 6.69. The van der Waals surface area contributed by atoms with E-state index in [9.17, 15) is 19.2 Å². The second-order valence-electron chi connectivity index (χ2n) is 10.9. The van der Waals surface area contributed by atoms with Gasteiger partial charge in [-0.15, -0.1) is 11.3 Å². The Balaban J connectivity index is 1.24. The third-order valence-electron chi connectivity index (χ3n) is 7.70. The average Bonchev–Trinajstić information content (AvgIpc) is 3.22. The standard InChI is InChI=1S/C25H27Cl2N5O4S/c1-24(2)7-15(24)22(35)32-11-25(12-32)10-31(23(36)19-8-28-13-37-19)9-16(25)21(34)30-29-20(33)6-14-3-4-17(26)18(27)5-14/h3-5,8,13,15-16H,6-7,9-12H2,1-2H3,(H,29,33)(H,30,34)/t15-,16-/m1/s1. The molecular formula is C25H27Cl2N5O4S. The summed E-state index contributed by atoms with van der Waals surface area (Å²) in [4.78, 5) is 59.6. The molecule has 1 aromatic heterocycles. The molecule has 2 aromatic rings. The van der Waals surface area contributed by atoms with E-state index in [1.807, 2.05) is 0 Å². The van der Waals surface area contributed by atoms with Crippen molar-refractivity contribution in [1.29, 1.82) is 0 Å². The molecule has 2 N–H and O–H groups in total. The van der Waals surface area contributed by atoms with Gasteiger partial charge in [-0.1, -0.05) is 43.1 Å². The highest BCUT2D eigenvalue weighted by Gasteiger charge is 2.61. The molecule has 1 saturated carbocycles. The van der Waals surface area contributed by atoms with Crippen LogP contribution < -0.4 is 10.9 Å². The van der Waals surface area contributed by atoms with Crippen molar-refractivity contribution in [3.05, 3.63) is 50.4 Å². The third-order valence-corrected chi connectivity index (χ3v) is 9.20. The number of aromatic nitrogens is 1. The molecule has 5 rings (SSSR count). The normalized spacial score (nSPS) is 22.9. The van der Waals surface area contributed by atoms with E-state index < -0.39 is 17.2 Å². The van der Waals surface area contributed by atoms with E-state index in [1.165, 1.54) is 17.5 Å². The molecule has 2 saturated heterocycles. The number of rotatable bonds is 5. The summed E-state index contributed by atoms with van der Waals surface area (Å²) in [5.74, 6) is -1.45. The van der Waals surface area contributed by atoms with Gasteiger partial charge in [0.05, 0.1) is 34.1 Å². The maximum Gasteiger partial charge on any atom is 0.265 e. The van der Waals surface area contributed by atoms with Gasteiger partial charge >= 0.3 is 0 Å². The quantitative estimate of drug-likeness (QED) is 0.543. The summed E-state index contributed by atoms with van der Waals surface area (Å²) in [5, 5.41) is 0.731. The second-order valence-corrected chi connectivity index (χ2v) is 12.6. The number of benzene rings is 1. The monoisotopic (exact) mass is 563 g/mol. The van der Waals surface area contributed by atoms with Crippen LogP contribution in [-0.4, -0.2) is 64.6 Å². The summed E-state index contributed by atoms with van der Waals surface area (Å²) in [6.45, 7) is 5.51. The number of nitrogens with one attached hydrogen (secondary N) is 2. The van der Waals surface area contributed by atoms with Crippen molar-refractivity contribution < 1.29 is 19.2 Å². The van der Waals surface area contributed by atoms with Crippen LogP contribution >= 0.6 is 34.5 Å². The Kier molecular flexibility index (Phi) is 6.70. The molecule has 0 bridgehead atoms. The number of thiazole rings is 1. The third kappa shape index (κ3) is 5.06. The smallest absolute Gasteiger partial charge is 0.265 e. The Hall–Kier alpha value is -2.69. The summed E-state index contributed by atoms with van der Waals surface area (Å²) >= 11 is 13.2. The van der Waals surface area contributed by atoms with E-state index in [4.69, 9.17) is 23.2 Å². The van der Waals surface area contributed by atoms with Crippen molar-refractivity contribution >= 4 is 58.2 Å². The summed E-state index contributed by atoms with van der Waals surface area (Å²) < 4.78 is 0. The first-order valence-corrected chi connectivity index (χ1v) is 13.6. The van der Waals surface area contributed by atoms with Crippen LogP contribution in [-0.2, 0) is 20.8 Å². The summed E-state index contributed by atoms with van der Waals surface area (Å²) in [6, 6.07) is 4.89.